The number of ether oxygens (including phenoxy) is 1. The third-order valence-corrected chi connectivity index (χ3v) is 2.99. The maximum absolute atomic E-state index is 6.15. The lowest BCUT2D eigenvalue weighted by molar-refractivity contribution is -0.148. The monoisotopic (exact) mass is 238 g/mol. The standard InChI is InChI=1S/C13H22N2O2/c1-5-12(14)13(15(2)17-4)10-7-6-8-11(9-10)16-3/h6-9,12-13H,5,14H2,1-4H3. The van der Waals surface area contributed by atoms with Gasteiger partial charge in [-0.25, -0.2) is 0 Å². The van der Waals surface area contributed by atoms with Crippen LogP contribution in [0.25, 0.3) is 0 Å². The molecule has 0 heterocycles. The molecule has 2 unspecified atom stereocenters. The zero-order valence-electron chi connectivity index (χ0n) is 11.0. The number of benzene rings is 1. The zero-order chi connectivity index (χ0) is 12.8. The Balaban J connectivity index is 3.03. The van der Waals surface area contributed by atoms with Crippen molar-refractivity contribution >= 4 is 0 Å². The van der Waals surface area contributed by atoms with E-state index in [1.165, 1.54) is 0 Å². The van der Waals surface area contributed by atoms with Crippen LogP contribution in [0.15, 0.2) is 24.3 Å². The van der Waals surface area contributed by atoms with E-state index in [2.05, 4.69) is 6.92 Å². The summed E-state index contributed by atoms with van der Waals surface area (Å²) in [5, 5.41) is 1.78. The van der Waals surface area contributed by atoms with E-state index in [-0.39, 0.29) is 12.1 Å². The van der Waals surface area contributed by atoms with Gasteiger partial charge in [0.1, 0.15) is 5.75 Å². The topological polar surface area (TPSA) is 47.7 Å². The van der Waals surface area contributed by atoms with Crippen LogP contribution in [0.5, 0.6) is 5.75 Å². The highest BCUT2D eigenvalue weighted by atomic mass is 16.7. The molecule has 4 heteroatoms. The first kappa shape index (κ1) is 14.0. The van der Waals surface area contributed by atoms with E-state index in [0.717, 1.165) is 17.7 Å². The van der Waals surface area contributed by atoms with E-state index >= 15 is 0 Å². The highest BCUT2D eigenvalue weighted by Crippen LogP contribution is 2.26. The highest BCUT2D eigenvalue weighted by Gasteiger charge is 2.23. The zero-order valence-corrected chi connectivity index (χ0v) is 11.0. The van der Waals surface area contributed by atoms with Gasteiger partial charge in [-0.15, -0.1) is 0 Å². The molecule has 1 rings (SSSR count). The fourth-order valence-electron chi connectivity index (χ4n) is 1.89. The largest absolute Gasteiger partial charge is 0.497 e. The van der Waals surface area contributed by atoms with Crippen LogP contribution in [-0.2, 0) is 4.84 Å². The molecule has 0 saturated carbocycles. The Morgan fingerprint density at radius 3 is 2.59 bits per heavy atom. The van der Waals surface area contributed by atoms with Crippen molar-refractivity contribution in [2.75, 3.05) is 21.3 Å². The molecule has 1 aromatic rings. The maximum atomic E-state index is 6.15. The summed E-state index contributed by atoms with van der Waals surface area (Å²) in [6.45, 7) is 2.07. The molecule has 17 heavy (non-hydrogen) atoms. The number of hydroxylamine groups is 2. The van der Waals surface area contributed by atoms with Gasteiger partial charge in [0.2, 0.25) is 0 Å². The summed E-state index contributed by atoms with van der Waals surface area (Å²) >= 11 is 0. The summed E-state index contributed by atoms with van der Waals surface area (Å²) in [4.78, 5) is 5.28. The molecule has 0 aliphatic rings. The van der Waals surface area contributed by atoms with Gasteiger partial charge in [0.05, 0.1) is 20.3 Å². The molecule has 4 nitrogen and oxygen atoms in total. The second-order valence-electron chi connectivity index (χ2n) is 4.02. The summed E-state index contributed by atoms with van der Waals surface area (Å²) < 4.78 is 5.23. The Morgan fingerprint density at radius 1 is 1.35 bits per heavy atom. The van der Waals surface area contributed by atoms with Crippen LogP contribution in [0.3, 0.4) is 0 Å². The average Bonchev–Trinajstić information content (AvgIpc) is 2.38. The van der Waals surface area contributed by atoms with Crippen molar-refractivity contribution < 1.29 is 9.57 Å². The molecule has 1 aromatic carbocycles. The first-order valence-corrected chi connectivity index (χ1v) is 5.80. The van der Waals surface area contributed by atoms with Crippen LogP contribution in [0.2, 0.25) is 0 Å². The lowest BCUT2D eigenvalue weighted by atomic mass is 9.98. The van der Waals surface area contributed by atoms with Crippen LogP contribution in [0.1, 0.15) is 24.9 Å². The number of hydrogen-bond donors (Lipinski definition) is 1. The van der Waals surface area contributed by atoms with Crippen molar-refractivity contribution in [1.82, 2.24) is 5.06 Å². The van der Waals surface area contributed by atoms with E-state index in [1.54, 1.807) is 19.3 Å². The van der Waals surface area contributed by atoms with Gasteiger partial charge in [-0.2, -0.15) is 5.06 Å². The van der Waals surface area contributed by atoms with Crippen LogP contribution < -0.4 is 10.5 Å². The SMILES string of the molecule is CCC(N)C(c1cccc(OC)c1)N(C)OC. The molecule has 2 atom stereocenters. The third kappa shape index (κ3) is 3.43. The molecular weight excluding hydrogens is 216 g/mol. The van der Waals surface area contributed by atoms with Crippen molar-refractivity contribution in [3.63, 3.8) is 0 Å². The van der Waals surface area contributed by atoms with Crippen LogP contribution in [0, 0.1) is 0 Å². The van der Waals surface area contributed by atoms with Crippen molar-refractivity contribution in [3.05, 3.63) is 29.8 Å². The summed E-state index contributed by atoms with van der Waals surface area (Å²) in [6, 6.07) is 7.97. The van der Waals surface area contributed by atoms with Crippen molar-refractivity contribution in [2.45, 2.75) is 25.4 Å². The second-order valence-corrected chi connectivity index (χ2v) is 4.02. The smallest absolute Gasteiger partial charge is 0.119 e. The predicted octanol–water partition coefficient (Wildman–Crippen LogP) is 1.97. The van der Waals surface area contributed by atoms with Crippen molar-refractivity contribution in [3.8, 4) is 5.75 Å². The summed E-state index contributed by atoms with van der Waals surface area (Å²) in [5.74, 6) is 0.834. The Bertz CT molecular complexity index is 334. The fraction of sp³-hybridized carbons (Fsp3) is 0.538. The quantitative estimate of drug-likeness (QED) is 0.770. The molecule has 0 aliphatic heterocycles. The Morgan fingerprint density at radius 2 is 2.06 bits per heavy atom. The molecule has 0 aromatic heterocycles. The van der Waals surface area contributed by atoms with Crippen LogP contribution in [0.4, 0.5) is 0 Å². The molecule has 0 aliphatic carbocycles. The third-order valence-electron chi connectivity index (χ3n) is 2.99. The first-order chi connectivity index (χ1) is 8.13. The van der Waals surface area contributed by atoms with E-state index in [1.807, 2.05) is 31.3 Å². The van der Waals surface area contributed by atoms with Gasteiger partial charge < -0.3 is 15.3 Å². The van der Waals surface area contributed by atoms with E-state index < -0.39 is 0 Å². The minimum absolute atomic E-state index is 0.0204. The number of nitrogens with two attached hydrogens (primary N) is 1. The summed E-state index contributed by atoms with van der Waals surface area (Å²) in [5.41, 5.74) is 7.25. The van der Waals surface area contributed by atoms with Crippen LogP contribution in [-0.4, -0.2) is 32.4 Å². The second kappa shape index (κ2) is 6.59. The van der Waals surface area contributed by atoms with E-state index in [4.69, 9.17) is 15.3 Å². The fourth-order valence-corrected chi connectivity index (χ4v) is 1.89. The Kier molecular flexibility index (Phi) is 5.41. The van der Waals surface area contributed by atoms with Gasteiger partial charge >= 0.3 is 0 Å². The molecule has 0 bridgehead atoms. The number of rotatable bonds is 6. The number of hydrogen-bond acceptors (Lipinski definition) is 4. The molecule has 0 amide bonds. The van der Waals surface area contributed by atoms with Gasteiger partial charge in [0.25, 0.3) is 0 Å². The molecule has 96 valence electrons. The Labute approximate surface area is 103 Å². The predicted molar refractivity (Wildman–Crippen MR) is 68.8 cm³/mol. The molecular formula is C13H22N2O2. The Hall–Kier alpha value is -1.10. The molecule has 0 fully saturated rings. The van der Waals surface area contributed by atoms with Crippen molar-refractivity contribution in [1.29, 1.82) is 0 Å². The minimum Gasteiger partial charge on any atom is -0.497 e. The highest BCUT2D eigenvalue weighted by molar-refractivity contribution is 5.31. The molecule has 2 N–H and O–H groups in total. The normalized spacial score (nSPS) is 14.7. The summed E-state index contributed by atoms with van der Waals surface area (Å²) in [6.07, 6.45) is 0.885. The maximum Gasteiger partial charge on any atom is 0.119 e. The molecule has 0 radical (unpaired) electrons. The van der Waals surface area contributed by atoms with Crippen LogP contribution >= 0.6 is 0 Å². The summed E-state index contributed by atoms with van der Waals surface area (Å²) in [7, 11) is 5.20. The van der Waals surface area contributed by atoms with Gasteiger partial charge in [-0.1, -0.05) is 19.1 Å². The number of methoxy groups -OCH3 is 1. The minimum atomic E-state index is 0.0204. The van der Waals surface area contributed by atoms with Gasteiger partial charge in [0, 0.05) is 13.1 Å². The van der Waals surface area contributed by atoms with Gasteiger partial charge in [-0.05, 0) is 24.1 Å². The van der Waals surface area contributed by atoms with E-state index in [9.17, 15) is 0 Å². The van der Waals surface area contributed by atoms with Gasteiger partial charge in [-0.3, -0.25) is 0 Å². The lowest BCUT2D eigenvalue weighted by Gasteiger charge is -2.30. The molecule has 0 spiro atoms. The molecule has 0 saturated heterocycles. The first-order valence-electron chi connectivity index (χ1n) is 5.80. The average molecular weight is 238 g/mol. The van der Waals surface area contributed by atoms with Crippen molar-refractivity contribution in [2.24, 2.45) is 5.73 Å². The van der Waals surface area contributed by atoms with E-state index in [0.29, 0.717) is 0 Å². The lowest BCUT2D eigenvalue weighted by Crippen LogP contribution is -2.38. The van der Waals surface area contributed by atoms with Gasteiger partial charge in [0.15, 0.2) is 0 Å². The number of nitrogens with zero attached hydrogens (tertiary/aromatic N) is 1. The number of likely N-dealkylation sites (N-methyl/N-ethyl adjacent to an activating group) is 1.